The van der Waals surface area contributed by atoms with Gasteiger partial charge in [0.05, 0.1) is 0 Å². The summed E-state index contributed by atoms with van der Waals surface area (Å²) in [5.74, 6) is 0. The molecule has 1 aromatic carbocycles. The van der Waals surface area contributed by atoms with Crippen molar-refractivity contribution < 1.29 is 0 Å². The van der Waals surface area contributed by atoms with Gasteiger partial charge in [-0.2, -0.15) is 0 Å². The Kier molecular flexibility index (Phi) is 26.6. The summed E-state index contributed by atoms with van der Waals surface area (Å²) in [4.78, 5) is 1.27. The van der Waals surface area contributed by atoms with Crippen LogP contribution >= 0.6 is 11.3 Å². The molecule has 0 amide bonds. The molecule has 2 aromatic rings. The van der Waals surface area contributed by atoms with Crippen molar-refractivity contribution in [1.29, 1.82) is 0 Å². The van der Waals surface area contributed by atoms with Gasteiger partial charge in [0.2, 0.25) is 0 Å². The van der Waals surface area contributed by atoms with E-state index in [1.165, 1.54) is 34.2 Å². The zero-order valence-corrected chi connectivity index (χ0v) is 19.3. The summed E-state index contributed by atoms with van der Waals surface area (Å²) in [5.41, 5.74) is 0. The SMILES string of the molecule is Cc1[c]c2ccccc2s1.[CH2]CCC.[CH2]CCC.[CH2]CCC.[Sn]. The van der Waals surface area contributed by atoms with Crippen LogP contribution in [-0.4, -0.2) is 23.9 Å². The van der Waals surface area contributed by atoms with E-state index in [0.717, 1.165) is 19.3 Å². The Morgan fingerprint density at radius 2 is 1.26 bits per heavy atom. The van der Waals surface area contributed by atoms with Gasteiger partial charge in [-0.3, -0.25) is 0 Å². The van der Waals surface area contributed by atoms with Gasteiger partial charge in [0.1, 0.15) is 0 Å². The topological polar surface area (TPSA) is 0 Å². The second kappa shape index (κ2) is 22.0. The molecule has 128 valence electrons. The first-order chi connectivity index (χ1) is 10.6. The molecule has 0 unspecified atom stereocenters. The average Bonchev–Trinajstić information content (AvgIpc) is 2.95. The van der Waals surface area contributed by atoms with Crippen LogP contribution in [-0.2, 0) is 0 Å². The molecule has 0 aliphatic carbocycles. The fraction of sp³-hybridized carbons (Fsp3) is 0.476. The fourth-order valence-electron chi connectivity index (χ4n) is 1.04. The van der Waals surface area contributed by atoms with Crippen molar-refractivity contribution in [2.75, 3.05) is 0 Å². The van der Waals surface area contributed by atoms with E-state index in [0.29, 0.717) is 0 Å². The maximum Gasteiger partial charge on any atom is 0.0352 e. The van der Waals surface area contributed by atoms with E-state index in [4.69, 9.17) is 0 Å². The summed E-state index contributed by atoms with van der Waals surface area (Å²) in [7, 11) is 0. The Morgan fingerprint density at radius 3 is 1.61 bits per heavy atom. The molecule has 1 aromatic heterocycles. The number of aryl methyl sites for hydroxylation is 1. The van der Waals surface area contributed by atoms with E-state index in [2.05, 4.69) is 72.7 Å². The maximum absolute atomic E-state index is 3.60. The zero-order chi connectivity index (χ0) is 17.2. The van der Waals surface area contributed by atoms with Crippen molar-refractivity contribution in [3.63, 3.8) is 0 Å². The Bertz CT molecular complexity index is 386. The minimum Gasteiger partial charge on any atom is -0.140 e. The Labute approximate surface area is 167 Å². The molecule has 0 nitrogen and oxygen atoms in total. The van der Waals surface area contributed by atoms with Crippen LogP contribution in [0, 0.1) is 33.8 Å². The number of thiophene rings is 1. The van der Waals surface area contributed by atoms with Crippen LogP contribution in [0.4, 0.5) is 0 Å². The van der Waals surface area contributed by atoms with E-state index in [-0.39, 0.29) is 23.9 Å². The van der Waals surface area contributed by atoms with Gasteiger partial charge in [0, 0.05) is 44.9 Å². The fourth-order valence-corrected chi connectivity index (χ4v) is 1.91. The van der Waals surface area contributed by atoms with Crippen molar-refractivity contribution in [2.24, 2.45) is 0 Å². The van der Waals surface area contributed by atoms with Gasteiger partial charge in [-0.15, -0.1) is 11.3 Å². The third-order valence-corrected chi connectivity index (χ3v) is 3.51. The van der Waals surface area contributed by atoms with Crippen LogP contribution in [0.15, 0.2) is 24.3 Å². The largest absolute Gasteiger partial charge is 0.140 e. The molecule has 0 saturated heterocycles. The Balaban J connectivity index is -0.000000264. The molecule has 8 radical (unpaired) electrons. The quantitative estimate of drug-likeness (QED) is 0.437. The molecule has 0 aliphatic rings. The first kappa shape index (κ1) is 27.8. The first-order valence-corrected chi connectivity index (χ1v) is 9.17. The molecule has 0 spiro atoms. The van der Waals surface area contributed by atoms with Gasteiger partial charge >= 0.3 is 0 Å². The molecule has 2 heteroatoms. The molecule has 0 aliphatic heterocycles. The number of benzene rings is 1. The van der Waals surface area contributed by atoms with E-state index < -0.39 is 0 Å². The van der Waals surface area contributed by atoms with Gasteiger partial charge in [0.15, 0.2) is 0 Å². The molecule has 0 bridgehead atoms. The van der Waals surface area contributed by atoms with Gasteiger partial charge < -0.3 is 0 Å². The third kappa shape index (κ3) is 18.2. The average molecular weight is 437 g/mol. The van der Waals surface area contributed by atoms with Gasteiger partial charge in [-0.1, -0.05) is 98.3 Å². The minimum absolute atomic E-state index is 0. The van der Waals surface area contributed by atoms with Crippen LogP contribution in [0.2, 0.25) is 0 Å². The van der Waals surface area contributed by atoms with Gasteiger partial charge in [0.25, 0.3) is 0 Å². The number of fused-ring (bicyclic) bond motifs is 1. The van der Waals surface area contributed by atoms with Crippen LogP contribution in [0.3, 0.4) is 0 Å². The normalized spacial score (nSPS) is 8.48. The summed E-state index contributed by atoms with van der Waals surface area (Å²) < 4.78 is 1.33. The van der Waals surface area contributed by atoms with Crippen LogP contribution < -0.4 is 0 Å². The predicted octanol–water partition coefficient (Wildman–Crippen LogP) is 7.49. The number of rotatable bonds is 3. The number of hydrogen-bond acceptors (Lipinski definition) is 1. The van der Waals surface area contributed by atoms with Crippen molar-refractivity contribution in [3.05, 3.63) is 56.0 Å². The Hall–Kier alpha value is -0.0213. The summed E-state index contributed by atoms with van der Waals surface area (Å²) >= 11 is 1.80. The summed E-state index contributed by atoms with van der Waals surface area (Å²) in [6, 6.07) is 11.6. The van der Waals surface area contributed by atoms with Crippen molar-refractivity contribution in [1.82, 2.24) is 0 Å². The van der Waals surface area contributed by atoms with Crippen molar-refractivity contribution in [3.8, 4) is 0 Å². The third-order valence-electron chi connectivity index (χ3n) is 2.52. The maximum atomic E-state index is 3.60. The second-order valence-corrected chi connectivity index (χ2v) is 6.10. The van der Waals surface area contributed by atoms with Crippen LogP contribution in [0.25, 0.3) is 10.1 Å². The molecule has 0 atom stereocenters. The summed E-state index contributed by atoms with van der Waals surface area (Å²) in [6.45, 7) is 19.3. The monoisotopic (exact) mass is 438 g/mol. The van der Waals surface area contributed by atoms with Crippen molar-refractivity contribution >= 4 is 45.3 Å². The molecule has 0 saturated carbocycles. The molecule has 2 rings (SSSR count). The molecule has 1 heterocycles. The number of unbranched alkanes of at least 4 members (excludes halogenated alkanes) is 3. The van der Waals surface area contributed by atoms with E-state index in [9.17, 15) is 0 Å². The molecular weight excluding hydrogens is 403 g/mol. The standard InChI is InChI=1S/C9H7S.3C4H9.Sn/c1-7-6-8-4-2-3-5-9(8)10-7;3*1-3-4-2;/h2-5H,1H3;3*1,3-4H2,2H3;. The van der Waals surface area contributed by atoms with Gasteiger partial charge in [-0.25, -0.2) is 0 Å². The van der Waals surface area contributed by atoms with E-state index in [1.807, 2.05) is 6.07 Å². The second-order valence-electron chi connectivity index (χ2n) is 4.84. The predicted molar refractivity (Wildman–Crippen MR) is 112 cm³/mol. The van der Waals surface area contributed by atoms with Crippen LogP contribution in [0.5, 0.6) is 0 Å². The van der Waals surface area contributed by atoms with E-state index in [1.54, 1.807) is 11.3 Å². The molecule has 0 N–H and O–H groups in total. The van der Waals surface area contributed by atoms with E-state index >= 15 is 0 Å². The Morgan fingerprint density at radius 1 is 0.870 bits per heavy atom. The summed E-state index contributed by atoms with van der Waals surface area (Å²) in [6.07, 6.45) is 6.83. The van der Waals surface area contributed by atoms with Crippen molar-refractivity contribution in [2.45, 2.75) is 66.2 Å². The molecular formula is C21H34SSn. The minimum atomic E-state index is 0. The number of hydrogen-bond donors (Lipinski definition) is 0. The summed E-state index contributed by atoms with van der Waals surface area (Å²) in [5, 5.41) is 1.24. The van der Waals surface area contributed by atoms with Crippen LogP contribution in [0.1, 0.15) is 64.2 Å². The smallest absolute Gasteiger partial charge is 0.0352 e. The first-order valence-electron chi connectivity index (χ1n) is 8.36. The zero-order valence-electron chi connectivity index (χ0n) is 15.6. The molecule has 0 fully saturated rings. The molecule has 23 heavy (non-hydrogen) atoms. The van der Waals surface area contributed by atoms with Gasteiger partial charge in [-0.05, 0) is 13.0 Å².